The van der Waals surface area contributed by atoms with Gasteiger partial charge in [-0.2, -0.15) is 13.2 Å². The fourth-order valence-corrected chi connectivity index (χ4v) is 4.25. The molecule has 1 N–H and O–H groups in total. The lowest BCUT2D eigenvalue weighted by Gasteiger charge is -2.29. The molecule has 0 unspecified atom stereocenters. The number of carbonyl (C=O) groups is 2. The zero-order chi connectivity index (χ0) is 23.2. The minimum atomic E-state index is -5.08. The van der Waals surface area contributed by atoms with Crippen molar-refractivity contribution in [3.8, 4) is 0 Å². The summed E-state index contributed by atoms with van der Waals surface area (Å²) < 4.78 is 50.9. The Morgan fingerprint density at radius 1 is 1.32 bits per heavy atom. The summed E-state index contributed by atoms with van der Waals surface area (Å²) in [5.41, 5.74) is 1.19. The van der Waals surface area contributed by atoms with Crippen LogP contribution in [0.25, 0.3) is 0 Å². The number of amides is 1. The van der Waals surface area contributed by atoms with Gasteiger partial charge in [0.2, 0.25) is 5.91 Å². The summed E-state index contributed by atoms with van der Waals surface area (Å²) in [6.45, 7) is 3.61. The van der Waals surface area contributed by atoms with Crippen LogP contribution in [0.4, 0.5) is 17.6 Å². The number of halogens is 4. The number of carboxylic acid groups (broad SMARTS) is 1. The van der Waals surface area contributed by atoms with Gasteiger partial charge in [0.15, 0.2) is 0 Å². The molecule has 0 aromatic heterocycles. The number of benzene rings is 1. The average Bonchev–Trinajstić information content (AvgIpc) is 3.17. The summed E-state index contributed by atoms with van der Waals surface area (Å²) in [5.74, 6) is -2.30. The highest BCUT2D eigenvalue weighted by atomic mass is 19.4. The number of fused-ring (bicyclic) bond motifs is 1. The zero-order valence-electron chi connectivity index (χ0n) is 17.6. The van der Waals surface area contributed by atoms with Gasteiger partial charge in [-0.05, 0) is 36.5 Å². The van der Waals surface area contributed by atoms with Crippen LogP contribution in [0, 0.1) is 17.2 Å². The Balaban J connectivity index is 0.000000423. The molecule has 6 nitrogen and oxygen atoms in total. The van der Waals surface area contributed by atoms with Crippen LogP contribution in [-0.2, 0) is 20.9 Å². The molecule has 1 amide bonds. The second-order valence-electron chi connectivity index (χ2n) is 8.33. The molecule has 1 heterocycles. The van der Waals surface area contributed by atoms with E-state index in [0.717, 1.165) is 31.6 Å². The molecule has 1 aliphatic heterocycles. The molecule has 2 atom stereocenters. The molecule has 1 saturated heterocycles. The smallest absolute Gasteiger partial charge is 0.475 e. The van der Waals surface area contributed by atoms with Crippen LogP contribution in [0.1, 0.15) is 24.8 Å². The first kappa shape index (κ1) is 25.1. The van der Waals surface area contributed by atoms with E-state index in [4.69, 9.17) is 14.6 Å². The lowest BCUT2D eigenvalue weighted by Crippen LogP contribution is -2.34. The Morgan fingerprint density at radius 3 is 2.58 bits per heavy atom. The molecule has 1 aromatic rings. The van der Waals surface area contributed by atoms with E-state index >= 15 is 0 Å². The van der Waals surface area contributed by atoms with E-state index in [1.165, 1.54) is 18.9 Å². The maximum absolute atomic E-state index is 13.4. The summed E-state index contributed by atoms with van der Waals surface area (Å²) in [7, 11) is 3.50. The van der Waals surface area contributed by atoms with Crippen molar-refractivity contribution < 1.29 is 37.0 Å². The van der Waals surface area contributed by atoms with Gasteiger partial charge in [-0.25, -0.2) is 9.18 Å². The molecule has 0 radical (unpaired) electrons. The number of carboxylic acids is 1. The lowest BCUT2D eigenvalue weighted by molar-refractivity contribution is -0.192. The van der Waals surface area contributed by atoms with E-state index in [1.54, 1.807) is 31.1 Å². The Labute approximate surface area is 178 Å². The fraction of sp³-hybridized carbons (Fsp3) is 0.619. The second-order valence-corrected chi connectivity index (χ2v) is 8.33. The van der Waals surface area contributed by atoms with E-state index in [9.17, 15) is 22.4 Å². The van der Waals surface area contributed by atoms with Crippen molar-refractivity contribution in [1.29, 1.82) is 0 Å². The van der Waals surface area contributed by atoms with Gasteiger partial charge in [0.25, 0.3) is 0 Å². The summed E-state index contributed by atoms with van der Waals surface area (Å²) in [6.07, 6.45) is -1.46. The highest BCUT2D eigenvalue weighted by molar-refractivity contribution is 5.76. The highest BCUT2D eigenvalue weighted by Gasteiger charge is 2.49. The molecule has 2 aliphatic rings. The Kier molecular flexibility index (Phi) is 8.41. The van der Waals surface area contributed by atoms with Gasteiger partial charge in [0, 0.05) is 39.1 Å². The largest absolute Gasteiger partial charge is 0.490 e. The topological polar surface area (TPSA) is 70.1 Å². The van der Waals surface area contributed by atoms with E-state index in [0.29, 0.717) is 12.5 Å². The molecular formula is C21H28F4N2O4. The summed E-state index contributed by atoms with van der Waals surface area (Å²) in [6, 6.07) is 6.86. The first-order valence-electron chi connectivity index (χ1n) is 9.98. The number of likely N-dealkylation sites (tertiary alicyclic amines) is 1. The van der Waals surface area contributed by atoms with E-state index < -0.39 is 12.1 Å². The third-order valence-corrected chi connectivity index (χ3v) is 5.76. The van der Waals surface area contributed by atoms with Gasteiger partial charge in [-0.15, -0.1) is 0 Å². The van der Waals surface area contributed by atoms with Crippen molar-refractivity contribution in [2.45, 2.75) is 32.0 Å². The zero-order valence-corrected chi connectivity index (χ0v) is 17.6. The van der Waals surface area contributed by atoms with Crippen molar-refractivity contribution in [3.05, 3.63) is 35.6 Å². The number of carbonyl (C=O) groups excluding carboxylic acids is 1. The summed E-state index contributed by atoms with van der Waals surface area (Å²) in [4.78, 5) is 24.6. The maximum Gasteiger partial charge on any atom is 0.490 e. The summed E-state index contributed by atoms with van der Waals surface area (Å²) >= 11 is 0. The molecule has 10 heteroatoms. The predicted molar refractivity (Wildman–Crippen MR) is 105 cm³/mol. The van der Waals surface area contributed by atoms with E-state index in [-0.39, 0.29) is 23.7 Å². The minimum Gasteiger partial charge on any atom is -0.475 e. The van der Waals surface area contributed by atoms with Crippen molar-refractivity contribution in [1.82, 2.24) is 9.80 Å². The normalized spacial score (nSPS) is 23.1. The number of hydrogen-bond donors (Lipinski definition) is 1. The van der Waals surface area contributed by atoms with Crippen LogP contribution in [0.5, 0.6) is 0 Å². The fourth-order valence-electron chi connectivity index (χ4n) is 4.25. The number of rotatable bonds is 6. The van der Waals surface area contributed by atoms with Gasteiger partial charge in [0.05, 0.1) is 6.61 Å². The monoisotopic (exact) mass is 448 g/mol. The van der Waals surface area contributed by atoms with Crippen LogP contribution in [0.3, 0.4) is 0 Å². The number of ether oxygens (including phenoxy) is 1. The Bertz CT molecular complexity index is 772. The number of nitrogens with zero attached hydrogens (tertiary/aromatic N) is 2. The van der Waals surface area contributed by atoms with Gasteiger partial charge >= 0.3 is 12.1 Å². The third-order valence-electron chi connectivity index (χ3n) is 5.76. The highest BCUT2D eigenvalue weighted by Crippen LogP contribution is 2.49. The molecule has 1 saturated carbocycles. The number of alkyl halides is 3. The number of aliphatic carboxylic acids is 1. The van der Waals surface area contributed by atoms with Crippen molar-refractivity contribution in [2.24, 2.45) is 11.3 Å². The minimum absolute atomic E-state index is 0.00978. The number of hydrogen-bond acceptors (Lipinski definition) is 4. The predicted octanol–water partition coefficient (Wildman–Crippen LogP) is 3.17. The molecule has 3 rings (SSSR count). The van der Waals surface area contributed by atoms with Crippen molar-refractivity contribution in [3.63, 3.8) is 0 Å². The Morgan fingerprint density at radius 2 is 2.00 bits per heavy atom. The first-order chi connectivity index (χ1) is 14.4. The SMILES string of the molecule is CN(C)C(=O)COC[C@@]12CCC[C@@H]1CN(Cc1cccc(F)c1)C2.O=C(O)C(F)(F)F. The average molecular weight is 448 g/mol. The molecule has 1 aromatic carbocycles. The van der Waals surface area contributed by atoms with E-state index in [1.807, 2.05) is 6.07 Å². The maximum atomic E-state index is 13.4. The molecule has 31 heavy (non-hydrogen) atoms. The van der Waals surface area contributed by atoms with Crippen LogP contribution in [0.15, 0.2) is 24.3 Å². The Hall–Kier alpha value is -2.20. The van der Waals surface area contributed by atoms with Crippen LogP contribution >= 0.6 is 0 Å². The first-order valence-corrected chi connectivity index (χ1v) is 9.98. The van der Waals surface area contributed by atoms with Crippen LogP contribution in [0.2, 0.25) is 0 Å². The molecule has 0 bridgehead atoms. The van der Waals surface area contributed by atoms with Crippen molar-refractivity contribution >= 4 is 11.9 Å². The standard InChI is InChI=1S/C19H27FN2O2.C2HF3O2/c1-21(2)18(23)12-24-14-19-8-4-6-16(19)11-22(13-19)10-15-5-3-7-17(20)9-15;3-2(4,5)1(6)7/h3,5,7,9,16H,4,6,8,10-14H2,1-2H3;(H,6,7)/t16-,19+;/m1./s1. The van der Waals surface area contributed by atoms with Crippen LogP contribution < -0.4 is 0 Å². The molecular weight excluding hydrogens is 420 g/mol. The third kappa shape index (κ3) is 7.17. The van der Waals surface area contributed by atoms with Gasteiger partial charge in [0.1, 0.15) is 12.4 Å². The van der Waals surface area contributed by atoms with Crippen molar-refractivity contribution in [2.75, 3.05) is 40.4 Å². The van der Waals surface area contributed by atoms with E-state index in [2.05, 4.69) is 4.90 Å². The second kappa shape index (κ2) is 10.4. The molecule has 2 fully saturated rings. The number of likely N-dealkylation sites (N-methyl/N-ethyl adjacent to an activating group) is 1. The quantitative estimate of drug-likeness (QED) is 0.677. The summed E-state index contributed by atoms with van der Waals surface area (Å²) in [5, 5.41) is 7.12. The van der Waals surface area contributed by atoms with Crippen LogP contribution in [-0.4, -0.2) is 73.4 Å². The molecule has 174 valence electrons. The lowest BCUT2D eigenvalue weighted by atomic mass is 9.81. The van der Waals surface area contributed by atoms with Gasteiger partial charge in [-0.3, -0.25) is 9.69 Å². The molecule has 0 spiro atoms. The van der Waals surface area contributed by atoms with Gasteiger partial charge in [-0.1, -0.05) is 18.6 Å². The van der Waals surface area contributed by atoms with Gasteiger partial charge < -0.3 is 14.7 Å². The molecule has 1 aliphatic carbocycles.